The molecule has 0 saturated carbocycles. The van der Waals surface area contributed by atoms with Crippen molar-refractivity contribution in [1.29, 1.82) is 0 Å². The zero-order valence-electron chi connectivity index (χ0n) is 10.5. The zero-order chi connectivity index (χ0) is 13.4. The Balaban J connectivity index is 2.14. The van der Waals surface area contributed by atoms with E-state index in [1.54, 1.807) is 24.8 Å². The van der Waals surface area contributed by atoms with Crippen molar-refractivity contribution in [2.75, 3.05) is 20.0 Å². The van der Waals surface area contributed by atoms with Crippen LogP contribution in [0.4, 0.5) is 5.82 Å². The van der Waals surface area contributed by atoms with Crippen LogP contribution in [0.15, 0.2) is 23.6 Å². The fraction of sp³-hybridized carbons (Fsp3) is 0.167. The van der Waals surface area contributed by atoms with E-state index in [2.05, 4.69) is 10.1 Å². The number of methoxy groups -OCH3 is 2. The van der Waals surface area contributed by atoms with Crippen LogP contribution in [-0.2, 0) is 0 Å². The molecule has 0 atom stereocenters. The number of nitrogens with zero attached hydrogens (tertiary/aromatic N) is 3. The van der Waals surface area contributed by atoms with Gasteiger partial charge in [0.05, 0.1) is 14.2 Å². The van der Waals surface area contributed by atoms with E-state index in [0.717, 1.165) is 10.5 Å². The molecule has 2 aromatic heterocycles. The first-order valence-electron chi connectivity index (χ1n) is 5.54. The number of thiazole rings is 1. The molecule has 98 valence electrons. The Morgan fingerprint density at radius 1 is 1.16 bits per heavy atom. The fourth-order valence-corrected chi connectivity index (χ4v) is 2.48. The number of hydrogen-bond acceptors (Lipinski definition) is 6. The van der Waals surface area contributed by atoms with Gasteiger partial charge in [0.25, 0.3) is 0 Å². The van der Waals surface area contributed by atoms with Gasteiger partial charge in [0, 0.05) is 17.0 Å². The van der Waals surface area contributed by atoms with E-state index in [1.165, 1.54) is 11.3 Å². The molecule has 0 radical (unpaired) electrons. The maximum Gasteiger partial charge on any atom is 0.214 e. The molecule has 0 fully saturated rings. The topological polar surface area (TPSA) is 74.7 Å². The summed E-state index contributed by atoms with van der Waals surface area (Å²) in [6.45, 7) is 0. The van der Waals surface area contributed by atoms with E-state index in [9.17, 15) is 0 Å². The normalized spacial score (nSPS) is 10.8. The first kappa shape index (κ1) is 11.8. The largest absolute Gasteiger partial charge is 0.497 e. The van der Waals surface area contributed by atoms with Crippen LogP contribution in [0.25, 0.3) is 16.3 Å². The summed E-state index contributed by atoms with van der Waals surface area (Å²) in [4.78, 5) is 5.19. The summed E-state index contributed by atoms with van der Waals surface area (Å²) >= 11 is 1.45. The lowest BCUT2D eigenvalue weighted by Crippen LogP contribution is -1.93. The van der Waals surface area contributed by atoms with Gasteiger partial charge >= 0.3 is 0 Å². The van der Waals surface area contributed by atoms with Crippen LogP contribution in [-0.4, -0.2) is 28.8 Å². The third kappa shape index (κ3) is 1.97. The highest BCUT2D eigenvalue weighted by molar-refractivity contribution is 7.15. The van der Waals surface area contributed by atoms with Crippen LogP contribution in [0.3, 0.4) is 0 Å². The average Bonchev–Trinajstić information content (AvgIpc) is 3.01. The smallest absolute Gasteiger partial charge is 0.214 e. The number of fused-ring (bicyclic) bond motifs is 1. The Kier molecular flexibility index (Phi) is 2.75. The van der Waals surface area contributed by atoms with Gasteiger partial charge in [-0.2, -0.15) is 9.50 Å². The Bertz CT molecular complexity index is 712. The molecule has 0 spiro atoms. The highest BCUT2D eigenvalue weighted by atomic mass is 32.1. The number of nitrogens with two attached hydrogens (primary N) is 1. The van der Waals surface area contributed by atoms with Crippen molar-refractivity contribution >= 4 is 22.1 Å². The molecule has 2 heterocycles. The molecule has 0 bridgehead atoms. The molecule has 19 heavy (non-hydrogen) atoms. The molecule has 1 aromatic carbocycles. The molecule has 0 aliphatic rings. The molecule has 3 aromatic rings. The quantitative estimate of drug-likeness (QED) is 0.792. The van der Waals surface area contributed by atoms with E-state index in [0.29, 0.717) is 23.1 Å². The summed E-state index contributed by atoms with van der Waals surface area (Å²) in [6, 6.07) is 5.52. The van der Waals surface area contributed by atoms with Crippen molar-refractivity contribution in [1.82, 2.24) is 14.6 Å². The minimum atomic E-state index is 0.577. The highest BCUT2D eigenvalue weighted by Crippen LogP contribution is 2.29. The number of anilines is 1. The molecule has 2 N–H and O–H groups in total. The van der Waals surface area contributed by atoms with E-state index >= 15 is 0 Å². The lowest BCUT2D eigenvalue weighted by atomic mass is 10.2. The molecule has 0 saturated heterocycles. The molecule has 0 aliphatic carbocycles. The molecule has 0 unspecified atom stereocenters. The monoisotopic (exact) mass is 276 g/mol. The molecule has 0 amide bonds. The van der Waals surface area contributed by atoms with Crippen LogP contribution in [0.2, 0.25) is 0 Å². The minimum absolute atomic E-state index is 0.577. The lowest BCUT2D eigenvalue weighted by Gasteiger charge is -2.06. The van der Waals surface area contributed by atoms with E-state index < -0.39 is 0 Å². The number of aromatic nitrogens is 3. The fourth-order valence-electron chi connectivity index (χ4n) is 1.76. The SMILES string of the molecule is COc1cc(OC)cc(-c2nc3scc(N)n3n2)c1. The minimum Gasteiger partial charge on any atom is -0.497 e. The molecule has 3 rings (SSSR count). The summed E-state index contributed by atoms with van der Waals surface area (Å²) in [5, 5.41) is 6.18. The van der Waals surface area contributed by atoms with Gasteiger partial charge in [0.15, 0.2) is 5.82 Å². The maximum atomic E-state index is 5.80. The van der Waals surface area contributed by atoms with Crippen LogP contribution in [0.5, 0.6) is 11.5 Å². The molecule has 7 heteroatoms. The second kappa shape index (κ2) is 4.43. The molecule has 0 aliphatic heterocycles. The number of benzene rings is 1. The number of rotatable bonds is 3. The Hall–Kier alpha value is -2.28. The maximum absolute atomic E-state index is 5.80. The Morgan fingerprint density at radius 2 is 1.84 bits per heavy atom. The predicted molar refractivity (Wildman–Crippen MR) is 73.8 cm³/mol. The van der Waals surface area contributed by atoms with Gasteiger partial charge in [-0.15, -0.1) is 16.4 Å². The Labute approximate surface area is 113 Å². The van der Waals surface area contributed by atoms with E-state index in [-0.39, 0.29) is 0 Å². The predicted octanol–water partition coefficient (Wildman–Crippen LogP) is 2.06. The van der Waals surface area contributed by atoms with Gasteiger partial charge < -0.3 is 15.2 Å². The van der Waals surface area contributed by atoms with Crippen LogP contribution >= 0.6 is 11.3 Å². The van der Waals surface area contributed by atoms with Crippen molar-refractivity contribution in [3.05, 3.63) is 23.6 Å². The Morgan fingerprint density at radius 3 is 2.42 bits per heavy atom. The van der Waals surface area contributed by atoms with Crippen molar-refractivity contribution in [3.8, 4) is 22.9 Å². The van der Waals surface area contributed by atoms with Crippen LogP contribution in [0, 0.1) is 0 Å². The van der Waals surface area contributed by atoms with E-state index in [4.69, 9.17) is 15.2 Å². The summed E-state index contributed by atoms with van der Waals surface area (Å²) in [5.74, 6) is 2.56. The summed E-state index contributed by atoms with van der Waals surface area (Å²) in [6.07, 6.45) is 0. The van der Waals surface area contributed by atoms with Gasteiger partial charge in [0.1, 0.15) is 17.3 Å². The summed E-state index contributed by atoms with van der Waals surface area (Å²) in [7, 11) is 3.21. The number of hydrogen-bond donors (Lipinski definition) is 1. The number of ether oxygens (including phenoxy) is 2. The number of nitrogen functional groups attached to an aromatic ring is 1. The summed E-state index contributed by atoms with van der Waals surface area (Å²) < 4.78 is 12.1. The van der Waals surface area contributed by atoms with Gasteiger partial charge in [-0.3, -0.25) is 0 Å². The van der Waals surface area contributed by atoms with Crippen LogP contribution in [0.1, 0.15) is 0 Å². The molecular formula is C12H12N4O2S. The van der Waals surface area contributed by atoms with Gasteiger partial charge in [-0.25, -0.2) is 0 Å². The van der Waals surface area contributed by atoms with Gasteiger partial charge in [-0.1, -0.05) is 0 Å². The highest BCUT2D eigenvalue weighted by Gasteiger charge is 2.12. The third-order valence-corrected chi connectivity index (χ3v) is 3.55. The second-order valence-electron chi connectivity index (χ2n) is 3.89. The van der Waals surface area contributed by atoms with Crippen molar-refractivity contribution < 1.29 is 9.47 Å². The lowest BCUT2D eigenvalue weighted by molar-refractivity contribution is 0.394. The third-order valence-electron chi connectivity index (χ3n) is 2.72. The van der Waals surface area contributed by atoms with Gasteiger partial charge in [-0.05, 0) is 12.1 Å². The summed E-state index contributed by atoms with van der Waals surface area (Å²) in [5.41, 5.74) is 6.63. The average molecular weight is 276 g/mol. The van der Waals surface area contributed by atoms with Crippen LogP contribution < -0.4 is 15.2 Å². The van der Waals surface area contributed by atoms with Crippen molar-refractivity contribution in [3.63, 3.8) is 0 Å². The first-order valence-corrected chi connectivity index (χ1v) is 6.42. The first-order chi connectivity index (χ1) is 9.21. The van der Waals surface area contributed by atoms with Crippen molar-refractivity contribution in [2.24, 2.45) is 0 Å². The standard InChI is InChI=1S/C12H12N4O2S/c1-17-8-3-7(4-9(5-8)18-2)11-14-12-16(15-11)10(13)6-19-12/h3-6H,13H2,1-2H3. The van der Waals surface area contributed by atoms with Crippen molar-refractivity contribution in [2.45, 2.75) is 0 Å². The zero-order valence-corrected chi connectivity index (χ0v) is 11.3. The molecular weight excluding hydrogens is 264 g/mol. The molecule has 6 nitrogen and oxygen atoms in total. The second-order valence-corrected chi connectivity index (χ2v) is 4.73. The van der Waals surface area contributed by atoms with E-state index in [1.807, 2.05) is 17.5 Å². The van der Waals surface area contributed by atoms with Gasteiger partial charge in [0.2, 0.25) is 4.96 Å².